The summed E-state index contributed by atoms with van der Waals surface area (Å²) in [4.78, 5) is 5.52. The fourth-order valence-electron chi connectivity index (χ4n) is 15.6. The summed E-state index contributed by atoms with van der Waals surface area (Å²) < 4.78 is 7.94. The van der Waals surface area contributed by atoms with Crippen LogP contribution in [0.2, 0.25) is 0 Å². The summed E-state index contributed by atoms with van der Waals surface area (Å²) in [5, 5.41) is 0. The molecule has 1 aromatic heterocycles. The van der Waals surface area contributed by atoms with Crippen molar-refractivity contribution < 1.29 is 4.42 Å². The third-order valence-electron chi connectivity index (χ3n) is 21.0. The Labute approximate surface area is 453 Å². The van der Waals surface area contributed by atoms with Gasteiger partial charge in [0.05, 0.1) is 17.0 Å². The minimum Gasteiger partial charge on any atom is -0.472 e. The minimum absolute atomic E-state index is 0.00404. The van der Waals surface area contributed by atoms with Crippen LogP contribution >= 0.6 is 0 Å². The van der Waals surface area contributed by atoms with E-state index in [1.165, 1.54) is 131 Å². The second kappa shape index (κ2) is 15.6. The van der Waals surface area contributed by atoms with Crippen LogP contribution in [0.1, 0.15) is 239 Å². The van der Waals surface area contributed by atoms with Crippen LogP contribution in [0.3, 0.4) is 0 Å². The summed E-state index contributed by atoms with van der Waals surface area (Å²) in [6, 6.07) is 32.8. The maximum atomic E-state index is 7.94. The molecule has 12 rings (SSSR count). The van der Waals surface area contributed by atoms with Gasteiger partial charge in [-0.05, 0) is 205 Å². The van der Waals surface area contributed by atoms with E-state index < -0.39 is 0 Å². The lowest BCUT2D eigenvalue weighted by Crippen LogP contribution is -2.61. The van der Waals surface area contributed by atoms with Gasteiger partial charge in [-0.25, -0.2) is 0 Å². The first-order valence-corrected chi connectivity index (χ1v) is 29.2. The average molecular weight is 997 g/mol. The van der Waals surface area contributed by atoms with E-state index in [0.29, 0.717) is 0 Å². The van der Waals surface area contributed by atoms with Crippen LogP contribution in [0.5, 0.6) is 0 Å². The summed E-state index contributed by atoms with van der Waals surface area (Å²) in [6.07, 6.45) is 9.20. The highest BCUT2D eigenvalue weighted by atomic mass is 16.3. The molecule has 3 nitrogen and oxygen atoms in total. The highest BCUT2D eigenvalue weighted by Crippen LogP contribution is 2.59. The molecule has 0 radical (unpaired) electrons. The molecule has 2 aliphatic heterocycles. The SMILES string of the molecule is Cc1cc2c3c(c1)N(c1ccc4c(c1)C(C)(C)CCC4(C)C)c1c(oc4c1C(C)(C)CCC4(C)C)B3c1cc3c(cc1N2c1cc2c(cc1-c1ccccc1C(C)(C)C)C(C)(C)CCC2(C)C)C(C)(C)CCC3(C)C. The third kappa shape index (κ3) is 7.38. The first-order chi connectivity index (χ1) is 34.7. The van der Waals surface area contributed by atoms with Crippen molar-refractivity contribution in [3.05, 3.63) is 135 Å². The Kier molecular flexibility index (Phi) is 10.6. The number of nitrogens with zero attached hydrogens (tertiary/aromatic N) is 2. The molecule has 0 amide bonds. The monoisotopic (exact) mass is 997 g/mol. The summed E-state index contributed by atoms with van der Waals surface area (Å²) >= 11 is 0. The van der Waals surface area contributed by atoms with Crippen LogP contribution in [0, 0.1) is 6.92 Å². The number of furan rings is 1. The lowest BCUT2D eigenvalue weighted by Gasteiger charge is -2.48. The van der Waals surface area contributed by atoms with E-state index in [4.69, 9.17) is 4.42 Å². The van der Waals surface area contributed by atoms with Crippen LogP contribution in [0.4, 0.5) is 34.1 Å². The molecular weight excluding hydrogens is 908 g/mol. The third-order valence-corrected chi connectivity index (χ3v) is 21.0. The van der Waals surface area contributed by atoms with Crippen LogP contribution < -0.4 is 26.4 Å². The van der Waals surface area contributed by atoms with E-state index in [9.17, 15) is 0 Å². The van der Waals surface area contributed by atoms with Gasteiger partial charge in [0, 0.05) is 39.3 Å². The highest BCUT2D eigenvalue weighted by molar-refractivity contribution is 6.99. The Bertz CT molecular complexity index is 3410. The van der Waals surface area contributed by atoms with Gasteiger partial charge in [-0.15, -0.1) is 0 Å². The minimum atomic E-state index is -0.120. The van der Waals surface area contributed by atoms with Gasteiger partial charge in [0.1, 0.15) is 5.76 Å². The number of fused-ring (bicyclic) bond motifs is 9. The molecule has 4 aliphatic carbocycles. The van der Waals surface area contributed by atoms with Gasteiger partial charge in [-0.3, -0.25) is 0 Å². The lowest BCUT2D eigenvalue weighted by atomic mass is 9.35. The largest absolute Gasteiger partial charge is 0.472 e. The topological polar surface area (TPSA) is 19.6 Å². The molecule has 0 spiro atoms. The lowest BCUT2D eigenvalue weighted by molar-refractivity contribution is 0.282. The average Bonchev–Trinajstić information content (AvgIpc) is 3.75. The Morgan fingerprint density at radius 1 is 0.440 bits per heavy atom. The highest BCUT2D eigenvalue weighted by Gasteiger charge is 2.54. The number of benzene rings is 5. The summed E-state index contributed by atoms with van der Waals surface area (Å²) in [6.45, 7) is 49.2. The number of hydrogen-bond donors (Lipinski definition) is 0. The van der Waals surface area contributed by atoms with Crippen molar-refractivity contribution in [1.29, 1.82) is 0 Å². The number of aryl methyl sites for hydroxylation is 1. The van der Waals surface area contributed by atoms with Crippen LogP contribution in [0.15, 0.2) is 83.3 Å². The Morgan fingerprint density at radius 3 is 1.48 bits per heavy atom. The molecule has 5 aromatic carbocycles. The van der Waals surface area contributed by atoms with Crippen molar-refractivity contribution in [2.75, 3.05) is 9.80 Å². The predicted octanol–water partition coefficient (Wildman–Crippen LogP) is 18.0. The number of rotatable bonds is 3. The maximum Gasteiger partial charge on any atom is 0.297 e. The fourth-order valence-corrected chi connectivity index (χ4v) is 15.6. The zero-order valence-corrected chi connectivity index (χ0v) is 50.0. The number of anilines is 6. The van der Waals surface area contributed by atoms with Crippen molar-refractivity contribution in [1.82, 2.24) is 0 Å². The van der Waals surface area contributed by atoms with E-state index in [1.54, 1.807) is 0 Å². The quantitative estimate of drug-likeness (QED) is 0.165. The van der Waals surface area contributed by atoms with Gasteiger partial charge in [0.2, 0.25) is 0 Å². The van der Waals surface area contributed by atoms with E-state index in [-0.39, 0.29) is 55.4 Å². The fraction of sp³-hybridized carbons (Fsp3) is 0.521. The molecule has 0 fully saturated rings. The molecule has 75 heavy (non-hydrogen) atoms. The van der Waals surface area contributed by atoms with Gasteiger partial charge in [0.25, 0.3) is 6.71 Å². The molecule has 0 bridgehead atoms. The second-order valence-corrected chi connectivity index (χ2v) is 31.3. The molecule has 0 N–H and O–H groups in total. The summed E-state index contributed by atoms with van der Waals surface area (Å²) in [5.41, 5.74) is 27.2. The predicted molar refractivity (Wildman–Crippen MR) is 323 cm³/mol. The molecule has 6 aromatic rings. The van der Waals surface area contributed by atoms with Gasteiger partial charge in [0.15, 0.2) is 0 Å². The Hall–Kier alpha value is -4.96. The van der Waals surface area contributed by atoms with Gasteiger partial charge in [-0.1, -0.05) is 168 Å². The smallest absolute Gasteiger partial charge is 0.297 e. The maximum absolute atomic E-state index is 7.94. The normalized spacial score (nSPS) is 22.2. The Balaban J connectivity index is 1.26. The van der Waals surface area contributed by atoms with Crippen molar-refractivity contribution in [2.24, 2.45) is 0 Å². The second-order valence-electron chi connectivity index (χ2n) is 31.3. The van der Waals surface area contributed by atoms with Crippen molar-refractivity contribution in [2.45, 2.75) is 239 Å². The van der Waals surface area contributed by atoms with E-state index in [1.807, 2.05) is 0 Å². The summed E-state index contributed by atoms with van der Waals surface area (Å²) in [5.74, 6) is 1.18. The van der Waals surface area contributed by atoms with Crippen molar-refractivity contribution in [3.8, 4) is 11.1 Å². The van der Waals surface area contributed by atoms with Crippen molar-refractivity contribution in [3.63, 3.8) is 0 Å². The van der Waals surface area contributed by atoms with E-state index >= 15 is 0 Å². The zero-order valence-electron chi connectivity index (χ0n) is 50.0. The Morgan fingerprint density at radius 2 is 0.907 bits per heavy atom. The molecule has 3 heterocycles. The summed E-state index contributed by atoms with van der Waals surface area (Å²) in [7, 11) is 0. The molecule has 0 atom stereocenters. The van der Waals surface area contributed by atoms with Gasteiger partial charge in [-0.2, -0.15) is 0 Å². The molecule has 392 valence electrons. The molecular formula is C71H89BN2O. The van der Waals surface area contributed by atoms with Crippen molar-refractivity contribution >= 4 is 57.4 Å². The molecule has 0 unspecified atom stereocenters. The first kappa shape index (κ1) is 50.8. The van der Waals surface area contributed by atoms with Gasteiger partial charge < -0.3 is 14.2 Å². The molecule has 0 saturated carbocycles. The standard InChI is InChI=1S/C71H89BN2O/c1-42-35-56-59-57(36-42)74(54-40-51-49(66(9,10)29-31-68(51,13)14)38-45(54)44-23-21-22-24-46(44)63(2,3)4)55-41-52-50(67(11,12)30-32-69(52,15)16)39-53(55)72(59)62-60(58-61(75-62)71(19,20)34-33-70(58,17)18)73(56)43-25-26-47-48(37-43)65(7,8)28-27-64(47,5)6/h21-26,35-41H,27-34H2,1-20H3. The van der Waals surface area contributed by atoms with Crippen LogP contribution in [-0.4, -0.2) is 6.71 Å². The number of hydrogen-bond acceptors (Lipinski definition) is 3. The molecule has 6 aliphatic rings. The van der Waals surface area contributed by atoms with E-state index in [2.05, 4.69) is 227 Å². The zero-order chi connectivity index (χ0) is 53.9. The molecule has 0 saturated heterocycles. The first-order valence-electron chi connectivity index (χ1n) is 29.2. The van der Waals surface area contributed by atoms with Crippen LogP contribution in [0.25, 0.3) is 11.1 Å². The van der Waals surface area contributed by atoms with Crippen LogP contribution in [-0.2, 0) is 48.7 Å². The molecule has 4 heteroatoms. The van der Waals surface area contributed by atoms with Gasteiger partial charge >= 0.3 is 0 Å². The van der Waals surface area contributed by atoms with E-state index in [0.717, 1.165) is 37.8 Å².